The predicted octanol–water partition coefficient (Wildman–Crippen LogP) is 0.836. The first-order valence-corrected chi connectivity index (χ1v) is 9.37. The highest BCUT2D eigenvalue weighted by molar-refractivity contribution is 7.89. The van der Waals surface area contributed by atoms with E-state index in [1.807, 2.05) is 0 Å². The maximum Gasteiger partial charge on any atom is 0.248 e. The van der Waals surface area contributed by atoms with E-state index in [-0.39, 0.29) is 30.5 Å². The molecule has 1 fully saturated rings. The number of rotatable bonds is 7. The van der Waals surface area contributed by atoms with E-state index in [1.54, 1.807) is 24.1 Å². The molecule has 0 saturated carbocycles. The van der Waals surface area contributed by atoms with Gasteiger partial charge in [-0.3, -0.25) is 4.79 Å². The van der Waals surface area contributed by atoms with Gasteiger partial charge in [0.2, 0.25) is 15.9 Å². The van der Waals surface area contributed by atoms with Gasteiger partial charge in [0.15, 0.2) is 0 Å². The van der Waals surface area contributed by atoms with E-state index in [0.717, 1.165) is 0 Å². The van der Waals surface area contributed by atoms with Gasteiger partial charge in [-0.15, -0.1) is 0 Å². The number of sulfonamides is 1. The molecule has 0 radical (unpaired) electrons. The Morgan fingerprint density at radius 2 is 1.75 bits per heavy atom. The van der Waals surface area contributed by atoms with Gasteiger partial charge in [-0.05, 0) is 24.3 Å². The summed E-state index contributed by atoms with van der Waals surface area (Å²) in [5, 5.41) is 0.484. The topological polar surface area (TPSA) is 76.2 Å². The van der Waals surface area contributed by atoms with Crippen LogP contribution in [-0.4, -0.2) is 76.6 Å². The lowest BCUT2D eigenvalue weighted by molar-refractivity contribution is -0.137. The number of halogens is 1. The van der Waals surface area contributed by atoms with Crippen molar-refractivity contribution in [2.24, 2.45) is 0 Å². The maximum absolute atomic E-state index is 12.6. The number of carbonyl (C=O) groups excluding carboxylic acids is 1. The predicted molar refractivity (Wildman–Crippen MR) is 89.5 cm³/mol. The zero-order valence-corrected chi connectivity index (χ0v) is 15.1. The molecule has 0 atom stereocenters. The Morgan fingerprint density at radius 3 is 2.33 bits per heavy atom. The second-order valence-corrected chi connectivity index (χ2v) is 7.66. The summed E-state index contributed by atoms with van der Waals surface area (Å²) in [5.74, 6) is -0.144. The van der Waals surface area contributed by atoms with Crippen molar-refractivity contribution < 1.29 is 22.7 Å². The average Bonchev–Trinajstić information content (AvgIpc) is 2.59. The van der Waals surface area contributed by atoms with Crippen LogP contribution in [0.2, 0.25) is 5.02 Å². The van der Waals surface area contributed by atoms with Crippen molar-refractivity contribution in [1.29, 1.82) is 0 Å². The van der Waals surface area contributed by atoms with E-state index in [0.29, 0.717) is 31.3 Å². The fourth-order valence-corrected chi connectivity index (χ4v) is 3.87. The largest absolute Gasteiger partial charge is 0.382 e. The van der Waals surface area contributed by atoms with Crippen molar-refractivity contribution in [2.45, 2.75) is 4.90 Å². The Hall–Kier alpha value is -1.19. The number of methoxy groups -OCH3 is 1. The fourth-order valence-electron chi connectivity index (χ4n) is 2.33. The molecule has 1 aromatic rings. The highest BCUT2D eigenvalue weighted by Gasteiger charge is 2.29. The summed E-state index contributed by atoms with van der Waals surface area (Å²) in [5.41, 5.74) is 0. The molecule has 2 rings (SSSR count). The molecule has 7 nitrogen and oxygen atoms in total. The van der Waals surface area contributed by atoms with E-state index in [4.69, 9.17) is 21.1 Å². The van der Waals surface area contributed by atoms with Crippen LogP contribution in [-0.2, 0) is 24.3 Å². The van der Waals surface area contributed by atoms with Crippen LogP contribution in [0.25, 0.3) is 0 Å². The van der Waals surface area contributed by atoms with Gasteiger partial charge in [-0.25, -0.2) is 8.42 Å². The van der Waals surface area contributed by atoms with Gasteiger partial charge < -0.3 is 14.4 Å². The molecule has 1 amide bonds. The van der Waals surface area contributed by atoms with Crippen LogP contribution >= 0.6 is 11.6 Å². The molecule has 1 aromatic carbocycles. The van der Waals surface area contributed by atoms with E-state index in [1.165, 1.54) is 16.4 Å². The van der Waals surface area contributed by atoms with Gasteiger partial charge in [0.25, 0.3) is 0 Å². The first-order chi connectivity index (χ1) is 11.4. The van der Waals surface area contributed by atoms with E-state index in [2.05, 4.69) is 0 Å². The highest BCUT2D eigenvalue weighted by Crippen LogP contribution is 2.19. The summed E-state index contributed by atoms with van der Waals surface area (Å²) < 4.78 is 36.5. The SMILES string of the molecule is COCCOCC(=O)N1CCN(S(=O)(=O)c2ccc(Cl)cc2)CC1. The van der Waals surface area contributed by atoms with Gasteiger partial charge in [0, 0.05) is 38.3 Å². The first kappa shape index (κ1) is 19.1. The minimum atomic E-state index is -3.56. The summed E-state index contributed by atoms with van der Waals surface area (Å²) in [6.45, 7) is 1.98. The van der Waals surface area contributed by atoms with Crippen molar-refractivity contribution in [2.75, 3.05) is 53.1 Å². The van der Waals surface area contributed by atoms with Crippen molar-refractivity contribution >= 4 is 27.5 Å². The smallest absolute Gasteiger partial charge is 0.248 e. The van der Waals surface area contributed by atoms with Crippen molar-refractivity contribution in [1.82, 2.24) is 9.21 Å². The number of hydrogen-bond donors (Lipinski definition) is 0. The molecule has 0 aromatic heterocycles. The number of piperazine rings is 1. The minimum Gasteiger partial charge on any atom is -0.382 e. The summed E-state index contributed by atoms with van der Waals surface area (Å²) >= 11 is 5.79. The lowest BCUT2D eigenvalue weighted by atomic mass is 10.3. The zero-order valence-electron chi connectivity index (χ0n) is 13.5. The number of nitrogens with zero attached hydrogens (tertiary/aromatic N) is 2. The number of ether oxygens (including phenoxy) is 2. The molecule has 0 unspecified atom stereocenters. The van der Waals surface area contributed by atoms with Crippen molar-refractivity contribution in [3.05, 3.63) is 29.3 Å². The lowest BCUT2D eigenvalue weighted by Gasteiger charge is -2.34. The zero-order chi connectivity index (χ0) is 17.6. The lowest BCUT2D eigenvalue weighted by Crippen LogP contribution is -2.51. The monoisotopic (exact) mass is 376 g/mol. The van der Waals surface area contributed by atoms with E-state index >= 15 is 0 Å². The molecule has 1 aliphatic rings. The van der Waals surface area contributed by atoms with Crippen LogP contribution in [0.5, 0.6) is 0 Å². The quantitative estimate of drug-likeness (QED) is 0.659. The third-order valence-corrected chi connectivity index (χ3v) is 5.86. The minimum absolute atomic E-state index is 0.0205. The summed E-state index contributed by atoms with van der Waals surface area (Å²) in [4.78, 5) is 13.8. The molecule has 0 bridgehead atoms. The second-order valence-electron chi connectivity index (χ2n) is 5.28. The van der Waals surface area contributed by atoms with Gasteiger partial charge in [0.05, 0.1) is 18.1 Å². The molecule has 134 valence electrons. The van der Waals surface area contributed by atoms with Crippen LogP contribution < -0.4 is 0 Å². The normalized spacial score (nSPS) is 16.3. The first-order valence-electron chi connectivity index (χ1n) is 7.55. The second kappa shape index (κ2) is 8.77. The summed E-state index contributed by atoms with van der Waals surface area (Å²) in [7, 11) is -2.00. The van der Waals surface area contributed by atoms with E-state index in [9.17, 15) is 13.2 Å². The highest BCUT2D eigenvalue weighted by atomic mass is 35.5. The Labute approximate surface area is 147 Å². The molecule has 1 heterocycles. The molecule has 0 spiro atoms. The molecular formula is C15H21ClN2O5S. The van der Waals surface area contributed by atoms with Gasteiger partial charge >= 0.3 is 0 Å². The van der Waals surface area contributed by atoms with Crippen LogP contribution in [0.15, 0.2) is 29.2 Å². The Bertz CT molecular complexity index is 642. The van der Waals surface area contributed by atoms with Gasteiger partial charge in [0.1, 0.15) is 6.61 Å². The molecule has 1 saturated heterocycles. The summed E-state index contributed by atoms with van der Waals surface area (Å²) in [6.07, 6.45) is 0. The Kier molecular flexibility index (Phi) is 7.00. The molecular weight excluding hydrogens is 356 g/mol. The standard InChI is InChI=1S/C15H21ClN2O5S/c1-22-10-11-23-12-15(19)17-6-8-18(9-7-17)24(20,21)14-4-2-13(16)3-5-14/h2-5H,6-12H2,1H3. The number of amides is 1. The van der Waals surface area contributed by atoms with Gasteiger partial charge in [-0.2, -0.15) is 4.31 Å². The molecule has 0 N–H and O–H groups in total. The number of carbonyl (C=O) groups is 1. The van der Waals surface area contributed by atoms with Crippen LogP contribution in [0.1, 0.15) is 0 Å². The van der Waals surface area contributed by atoms with Crippen molar-refractivity contribution in [3.8, 4) is 0 Å². The summed E-state index contributed by atoms with van der Waals surface area (Å²) in [6, 6.07) is 6.06. The molecule has 0 aliphatic carbocycles. The fraction of sp³-hybridized carbons (Fsp3) is 0.533. The van der Waals surface area contributed by atoms with Crippen LogP contribution in [0.3, 0.4) is 0 Å². The number of benzene rings is 1. The average molecular weight is 377 g/mol. The molecule has 1 aliphatic heterocycles. The third kappa shape index (κ3) is 4.90. The van der Waals surface area contributed by atoms with Crippen LogP contribution in [0, 0.1) is 0 Å². The molecule has 24 heavy (non-hydrogen) atoms. The molecule has 9 heteroatoms. The third-order valence-electron chi connectivity index (χ3n) is 3.70. The van der Waals surface area contributed by atoms with Gasteiger partial charge in [-0.1, -0.05) is 11.6 Å². The maximum atomic E-state index is 12.6. The van der Waals surface area contributed by atoms with Crippen LogP contribution in [0.4, 0.5) is 0 Å². The Balaban J connectivity index is 1.87. The van der Waals surface area contributed by atoms with Crippen molar-refractivity contribution in [3.63, 3.8) is 0 Å². The number of hydrogen-bond acceptors (Lipinski definition) is 5. The Morgan fingerprint density at radius 1 is 1.12 bits per heavy atom. The van der Waals surface area contributed by atoms with E-state index < -0.39 is 10.0 Å².